The molecule has 0 aromatic heterocycles. The lowest BCUT2D eigenvalue weighted by Crippen LogP contribution is -2.22. The summed E-state index contributed by atoms with van der Waals surface area (Å²) in [5, 5.41) is 0. The summed E-state index contributed by atoms with van der Waals surface area (Å²) in [6.07, 6.45) is 3.51. The number of benzene rings is 1. The van der Waals surface area contributed by atoms with Crippen molar-refractivity contribution in [1.82, 2.24) is 0 Å². The SMILES string of the molecule is CC(F)c1ccc(CCC2(N)CC2)cc1. The van der Waals surface area contributed by atoms with E-state index >= 15 is 0 Å². The highest BCUT2D eigenvalue weighted by Crippen LogP contribution is 2.36. The molecule has 0 bridgehead atoms. The molecule has 0 radical (unpaired) electrons. The Kier molecular flexibility index (Phi) is 2.79. The predicted molar refractivity (Wildman–Crippen MR) is 60.4 cm³/mol. The van der Waals surface area contributed by atoms with Gasteiger partial charge < -0.3 is 5.73 Å². The summed E-state index contributed by atoms with van der Waals surface area (Å²) >= 11 is 0. The van der Waals surface area contributed by atoms with E-state index in [1.54, 1.807) is 6.92 Å². The Morgan fingerprint density at radius 3 is 2.40 bits per heavy atom. The van der Waals surface area contributed by atoms with Crippen LogP contribution in [-0.2, 0) is 6.42 Å². The van der Waals surface area contributed by atoms with E-state index in [2.05, 4.69) is 0 Å². The molecule has 1 atom stereocenters. The van der Waals surface area contributed by atoms with Gasteiger partial charge in [0.25, 0.3) is 0 Å². The van der Waals surface area contributed by atoms with Crippen LogP contribution in [0.15, 0.2) is 24.3 Å². The fraction of sp³-hybridized carbons (Fsp3) is 0.538. The minimum absolute atomic E-state index is 0.117. The zero-order valence-electron chi connectivity index (χ0n) is 9.17. The second-order valence-electron chi connectivity index (χ2n) is 4.72. The molecule has 0 heterocycles. The maximum Gasteiger partial charge on any atom is 0.122 e. The molecule has 1 aromatic carbocycles. The van der Waals surface area contributed by atoms with E-state index in [1.165, 1.54) is 5.56 Å². The number of halogens is 1. The first-order chi connectivity index (χ1) is 7.09. The molecule has 1 aliphatic carbocycles. The van der Waals surface area contributed by atoms with E-state index < -0.39 is 6.17 Å². The Balaban J connectivity index is 1.92. The summed E-state index contributed by atoms with van der Waals surface area (Å²) in [5.74, 6) is 0. The third-order valence-corrected chi connectivity index (χ3v) is 3.24. The average molecular weight is 207 g/mol. The summed E-state index contributed by atoms with van der Waals surface area (Å²) in [5.41, 5.74) is 8.15. The van der Waals surface area contributed by atoms with Crippen LogP contribution < -0.4 is 5.73 Å². The summed E-state index contributed by atoms with van der Waals surface area (Å²) < 4.78 is 12.9. The normalized spacial score (nSPS) is 19.9. The Morgan fingerprint density at radius 1 is 1.33 bits per heavy atom. The van der Waals surface area contributed by atoms with Gasteiger partial charge in [0.1, 0.15) is 6.17 Å². The first-order valence-electron chi connectivity index (χ1n) is 5.61. The highest BCUT2D eigenvalue weighted by atomic mass is 19.1. The smallest absolute Gasteiger partial charge is 0.122 e. The van der Waals surface area contributed by atoms with Crippen LogP contribution in [0, 0.1) is 0 Å². The van der Waals surface area contributed by atoms with Gasteiger partial charge in [0.05, 0.1) is 0 Å². The number of alkyl halides is 1. The number of hydrogen-bond acceptors (Lipinski definition) is 1. The maximum absolute atomic E-state index is 12.9. The van der Waals surface area contributed by atoms with Crippen molar-refractivity contribution in [3.05, 3.63) is 35.4 Å². The molecule has 1 saturated carbocycles. The van der Waals surface area contributed by atoms with Gasteiger partial charge in [-0.2, -0.15) is 0 Å². The molecule has 0 spiro atoms. The van der Waals surface area contributed by atoms with Crippen LogP contribution in [0.25, 0.3) is 0 Å². The van der Waals surface area contributed by atoms with E-state index in [-0.39, 0.29) is 5.54 Å². The van der Waals surface area contributed by atoms with E-state index in [0.29, 0.717) is 0 Å². The number of rotatable bonds is 4. The first-order valence-corrected chi connectivity index (χ1v) is 5.61. The van der Waals surface area contributed by atoms with Crippen molar-refractivity contribution >= 4 is 0 Å². The van der Waals surface area contributed by atoms with E-state index in [9.17, 15) is 4.39 Å². The van der Waals surface area contributed by atoms with E-state index in [4.69, 9.17) is 5.73 Å². The number of hydrogen-bond donors (Lipinski definition) is 1. The minimum Gasteiger partial charge on any atom is -0.325 e. The van der Waals surface area contributed by atoms with Crippen LogP contribution in [0.5, 0.6) is 0 Å². The van der Waals surface area contributed by atoms with Crippen LogP contribution in [0.3, 0.4) is 0 Å². The quantitative estimate of drug-likeness (QED) is 0.806. The lowest BCUT2D eigenvalue weighted by atomic mass is 10.0. The van der Waals surface area contributed by atoms with Gasteiger partial charge in [0.2, 0.25) is 0 Å². The highest BCUT2D eigenvalue weighted by molar-refractivity contribution is 5.24. The highest BCUT2D eigenvalue weighted by Gasteiger charge is 2.37. The van der Waals surface area contributed by atoms with Gasteiger partial charge in [-0.15, -0.1) is 0 Å². The molecule has 0 aliphatic heterocycles. The third-order valence-electron chi connectivity index (χ3n) is 3.24. The topological polar surface area (TPSA) is 26.0 Å². The van der Waals surface area contributed by atoms with Gasteiger partial charge in [-0.3, -0.25) is 0 Å². The molecular formula is C13H18FN. The zero-order chi connectivity index (χ0) is 10.9. The Hall–Kier alpha value is -0.890. The lowest BCUT2D eigenvalue weighted by molar-refractivity contribution is 0.374. The molecule has 15 heavy (non-hydrogen) atoms. The van der Waals surface area contributed by atoms with Crippen LogP contribution in [0.4, 0.5) is 4.39 Å². The van der Waals surface area contributed by atoms with Crippen LogP contribution >= 0.6 is 0 Å². The van der Waals surface area contributed by atoms with Gasteiger partial charge >= 0.3 is 0 Å². The van der Waals surface area contributed by atoms with E-state index in [1.807, 2.05) is 24.3 Å². The molecular weight excluding hydrogens is 189 g/mol. The van der Waals surface area contributed by atoms with Crippen molar-refractivity contribution in [2.24, 2.45) is 5.73 Å². The minimum atomic E-state index is -0.872. The molecule has 1 unspecified atom stereocenters. The number of aryl methyl sites for hydroxylation is 1. The first kappa shape index (κ1) is 10.6. The molecule has 2 N–H and O–H groups in total. The summed E-state index contributed by atoms with van der Waals surface area (Å²) in [4.78, 5) is 0. The van der Waals surface area contributed by atoms with Gasteiger partial charge in [0.15, 0.2) is 0 Å². The van der Waals surface area contributed by atoms with Crippen molar-refractivity contribution in [1.29, 1.82) is 0 Å². The van der Waals surface area contributed by atoms with Crippen LogP contribution in [-0.4, -0.2) is 5.54 Å². The van der Waals surface area contributed by atoms with Gasteiger partial charge in [-0.1, -0.05) is 24.3 Å². The molecule has 1 fully saturated rings. The van der Waals surface area contributed by atoms with Crippen LogP contribution in [0.2, 0.25) is 0 Å². The average Bonchev–Trinajstić information content (AvgIpc) is 2.95. The monoisotopic (exact) mass is 207 g/mol. The Labute approximate surface area is 90.5 Å². The van der Waals surface area contributed by atoms with Crippen molar-refractivity contribution < 1.29 is 4.39 Å². The van der Waals surface area contributed by atoms with Gasteiger partial charge in [0, 0.05) is 5.54 Å². The molecule has 2 rings (SSSR count). The fourth-order valence-corrected chi connectivity index (χ4v) is 1.75. The van der Waals surface area contributed by atoms with Crippen molar-refractivity contribution in [2.75, 3.05) is 0 Å². The van der Waals surface area contributed by atoms with Crippen molar-refractivity contribution in [3.8, 4) is 0 Å². The fourth-order valence-electron chi connectivity index (χ4n) is 1.75. The molecule has 1 aromatic rings. The Morgan fingerprint density at radius 2 is 1.93 bits per heavy atom. The molecule has 0 saturated heterocycles. The molecule has 2 heteroatoms. The lowest BCUT2D eigenvalue weighted by Gasteiger charge is -2.09. The van der Waals surface area contributed by atoms with E-state index in [0.717, 1.165) is 31.2 Å². The van der Waals surface area contributed by atoms with Crippen molar-refractivity contribution in [3.63, 3.8) is 0 Å². The van der Waals surface area contributed by atoms with Gasteiger partial charge in [-0.25, -0.2) is 4.39 Å². The molecule has 0 amide bonds. The van der Waals surface area contributed by atoms with Gasteiger partial charge in [-0.05, 0) is 43.7 Å². The maximum atomic E-state index is 12.9. The molecule has 1 nitrogen and oxygen atoms in total. The zero-order valence-corrected chi connectivity index (χ0v) is 9.17. The Bertz CT molecular complexity index is 325. The largest absolute Gasteiger partial charge is 0.325 e. The third kappa shape index (κ3) is 2.78. The predicted octanol–water partition coefficient (Wildman–Crippen LogP) is 3.14. The molecule has 82 valence electrons. The molecule has 1 aliphatic rings. The number of nitrogens with two attached hydrogens (primary N) is 1. The standard InChI is InChI=1S/C13H18FN/c1-10(14)12-4-2-11(3-5-12)6-7-13(15)8-9-13/h2-5,10H,6-9,15H2,1H3. The van der Waals surface area contributed by atoms with Crippen molar-refractivity contribution in [2.45, 2.75) is 44.3 Å². The summed E-state index contributed by atoms with van der Waals surface area (Å²) in [6, 6.07) is 7.76. The second kappa shape index (κ2) is 3.93. The summed E-state index contributed by atoms with van der Waals surface area (Å²) in [7, 11) is 0. The summed E-state index contributed by atoms with van der Waals surface area (Å²) in [6.45, 7) is 1.56. The second-order valence-corrected chi connectivity index (χ2v) is 4.72. The van der Waals surface area contributed by atoms with Crippen LogP contribution in [0.1, 0.15) is 43.5 Å².